The van der Waals surface area contributed by atoms with E-state index in [1.165, 1.54) is 12.1 Å². The number of amides is 1. The fourth-order valence-electron chi connectivity index (χ4n) is 2.54. The standard InChI is InChI=1S/C22H17BrFNO2/c1-27-18-10-7-15(8-11-18)13-19(16-5-3-2-4-6-16)22(26)25-21-12-9-17(23)14-20(21)24/h2-14H,1H3,(H,25,26)/b19-13+. The number of carbonyl (C=O) groups is 1. The number of nitrogens with one attached hydrogen (secondary N) is 1. The summed E-state index contributed by atoms with van der Waals surface area (Å²) in [5.41, 5.74) is 2.13. The lowest BCUT2D eigenvalue weighted by Gasteiger charge is -2.11. The van der Waals surface area contributed by atoms with Crippen molar-refractivity contribution in [2.45, 2.75) is 0 Å². The van der Waals surface area contributed by atoms with Gasteiger partial charge in [0.05, 0.1) is 12.8 Å². The smallest absolute Gasteiger partial charge is 0.256 e. The molecule has 1 amide bonds. The van der Waals surface area contributed by atoms with Gasteiger partial charge in [0.15, 0.2) is 0 Å². The Labute approximate surface area is 165 Å². The topological polar surface area (TPSA) is 38.3 Å². The van der Waals surface area contributed by atoms with E-state index in [4.69, 9.17) is 4.74 Å². The molecule has 0 saturated heterocycles. The van der Waals surface area contributed by atoms with Crippen molar-refractivity contribution < 1.29 is 13.9 Å². The minimum atomic E-state index is -0.505. The molecule has 3 aromatic rings. The average Bonchev–Trinajstić information content (AvgIpc) is 2.69. The van der Waals surface area contributed by atoms with Crippen LogP contribution in [0.2, 0.25) is 0 Å². The lowest BCUT2D eigenvalue weighted by atomic mass is 10.0. The van der Waals surface area contributed by atoms with Crippen LogP contribution in [0, 0.1) is 5.82 Å². The third kappa shape index (κ3) is 4.83. The number of hydrogen-bond acceptors (Lipinski definition) is 2. The molecule has 0 bridgehead atoms. The minimum absolute atomic E-state index is 0.125. The average molecular weight is 426 g/mol. The van der Waals surface area contributed by atoms with Crippen LogP contribution in [0.1, 0.15) is 11.1 Å². The second-order valence-electron chi connectivity index (χ2n) is 5.78. The van der Waals surface area contributed by atoms with Gasteiger partial charge in [-0.25, -0.2) is 4.39 Å². The molecule has 0 atom stereocenters. The Hall–Kier alpha value is -2.92. The molecule has 0 aromatic heterocycles. The van der Waals surface area contributed by atoms with Gasteiger partial charge in [-0.15, -0.1) is 0 Å². The second-order valence-corrected chi connectivity index (χ2v) is 6.69. The summed E-state index contributed by atoms with van der Waals surface area (Å²) in [6.07, 6.45) is 1.76. The highest BCUT2D eigenvalue weighted by Crippen LogP contribution is 2.24. The molecule has 0 radical (unpaired) electrons. The van der Waals surface area contributed by atoms with Crippen molar-refractivity contribution in [1.82, 2.24) is 0 Å². The number of carbonyl (C=O) groups excluding carboxylic acids is 1. The van der Waals surface area contributed by atoms with Crippen LogP contribution in [0.5, 0.6) is 5.75 Å². The first-order valence-electron chi connectivity index (χ1n) is 8.24. The Morgan fingerprint density at radius 1 is 1.04 bits per heavy atom. The summed E-state index contributed by atoms with van der Waals surface area (Å²) < 4.78 is 19.9. The van der Waals surface area contributed by atoms with E-state index < -0.39 is 11.7 Å². The lowest BCUT2D eigenvalue weighted by Crippen LogP contribution is -2.14. The molecule has 0 aliphatic rings. The first-order valence-corrected chi connectivity index (χ1v) is 9.03. The molecule has 0 aliphatic carbocycles. The zero-order valence-corrected chi connectivity index (χ0v) is 16.2. The third-order valence-electron chi connectivity index (χ3n) is 3.94. The van der Waals surface area contributed by atoms with Crippen LogP contribution in [-0.2, 0) is 4.79 Å². The fraction of sp³-hybridized carbons (Fsp3) is 0.0455. The maximum Gasteiger partial charge on any atom is 0.256 e. The van der Waals surface area contributed by atoms with Crippen LogP contribution in [0.25, 0.3) is 11.6 Å². The van der Waals surface area contributed by atoms with Crippen LogP contribution in [0.4, 0.5) is 10.1 Å². The number of hydrogen-bond donors (Lipinski definition) is 1. The molecule has 1 N–H and O–H groups in total. The number of rotatable bonds is 5. The Bertz CT molecular complexity index is 969. The van der Waals surface area contributed by atoms with Gasteiger partial charge in [0.1, 0.15) is 11.6 Å². The van der Waals surface area contributed by atoms with Gasteiger partial charge in [-0.2, -0.15) is 0 Å². The molecular formula is C22H17BrFNO2. The Balaban J connectivity index is 1.96. The molecule has 5 heteroatoms. The molecule has 0 spiro atoms. The maximum atomic E-state index is 14.1. The first-order chi connectivity index (χ1) is 13.1. The normalized spacial score (nSPS) is 11.1. The fourth-order valence-corrected chi connectivity index (χ4v) is 2.88. The van der Waals surface area contributed by atoms with Crippen molar-refractivity contribution in [3.8, 4) is 5.75 Å². The number of anilines is 1. The van der Waals surface area contributed by atoms with E-state index in [2.05, 4.69) is 21.2 Å². The molecule has 0 fully saturated rings. The Kier molecular flexibility index (Phi) is 6.04. The van der Waals surface area contributed by atoms with Crippen molar-refractivity contribution in [3.05, 3.63) is 94.2 Å². The molecular weight excluding hydrogens is 409 g/mol. The van der Waals surface area contributed by atoms with Crippen molar-refractivity contribution in [1.29, 1.82) is 0 Å². The largest absolute Gasteiger partial charge is 0.497 e. The van der Waals surface area contributed by atoms with E-state index in [1.54, 1.807) is 19.3 Å². The van der Waals surface area contributed by atoms with E-state index in [0.717, 1.165) is 16.9 Å². The summed E-state index contributed by atoms with van der Waals surface area (Å²) in [4.78, 5) is 12.9. The highest BCUT2D eigenvalue weighted by molar-refractivity contribution is 9.10. The van der Waals surface area contributed by atoms with Crippen molar-refractivity contribution >= 4 is 39.2 Å². The molecule has 0 aliphatic heterocycles. The molecule has 3 nitrogen and oxygen atoms in total. The molecule has 3 aromatic carbocycles. The van der Waals surface area contributed by atoms with Crippen LogP contribution >= 0.6 is 15.9 Å². The van der Waals surface area contributed by atoms with Crippen LogP contribution < -0.4 is 10.1 Å². The van der Waals surface area contributed by atoms with Crippen molar-refractivity contribution in [3.63, 3.8) is 0 Å². The number of benzene rings is 3. The number of ether oxygens (including phenoxy) is 1. The van der Waals surface area contributed by atoms with E-state index in [-0.39, 0.29) is 5.69 Å². The number of methoxy groups -OCH3 is 1. The van der Waals surface area contributed by atoms with Gasteiger partial charge in [0.25, 0.3) is 5.91 Å². The molecule has 0 heterocycles. The predicted molar refractivity (Wildman–Crippen MR) is 110 cm³/mol. The summed E-state index contributed by atoms with van der Waals surface area (Å²) in [5.74, 6) is -0.164. The third-order valence-corrected chi connectivity index (χ3v) is 4.43. The molecule has 0 saturated carbocycles. The van der Waals surface area contributed by atoms with Gasteiger partial charge in [0.2, 0.25) is 0 Å². The van der Waals surface area contributed by atoms with E-state index >= 15 is 0 Å². The van der Waals surface area contributed by atoms with Gasteiger partial charge in [0, 0.05) is 10.0 Å². The molecule has 136 valence electrons. The summed E-state index contributed by atoms with van der Waals surface area (Å²) in [5, 5.41) is 2.65. The van der Waals surface area contributed by atoms with Crippen molar-refractivity contribution in [2.75, 3.05) is 12.4 Å². The summed E-state index contributed by atoms with van der Waals surface area (Å²) in [7, 11) is 1.60. The quantitative estimate of drug-likeness (QED) is 0.415. The van der Waals surface area contributed by atoms with Gasteiger partial charge < -0.3 is 10.1 Å². The van der Waals surface area contributed by atoms with E-state index in [0.29, 0.717) is 10.0 Å². The van der Waals surface area contributed by atoms with Crippen LogP contribution in [-0.4, -0.2) is 13.0 Å². The summed E-state index contributed by atoms with van der Waals surface area (Å²) >= 11 is 3.21. The Morgan fingerprint density at radius 3 is 2.37 bits per heavy atom. The first kappa shape index (κ1) is 18.9. The highest BCUT2D eigenvalue weighted by atomic mass is 79.9. The minimum Gasteiger partial charge on any atom is -0.497 e. The van der Waals surface area contributed by atoms with Crippen molar-refractivity contribution in [2.24, 2.45) is 0 Å². The van der Waals surface area contributed by atoms with Gasteiger partial charge in [-0.05, 0) is 47.5 Å². The summed E-state index contributed by atoms with van der Waals surface area (Å²) in [6.45, 7) is 0. The molecule has 0 unspecified atom stereocenters. The molecule has 3 rings (SSSR count). The van der Waals surface area contributed by atoms with Gasteiger partial charge >= 0.3 is 0 Å². The Morgan fingerprint density at radius 2 is 1.74 bits per heavy atom. The maximum absolute atomic E-state index is 14.1. The van der Waals surface area contributed by atoms with Crippen LogP contribution in [0.15, 0.2) is 77.3 Å². The van der Waals surface area contributed by atoms with E-state index in [9.17, 15) is 9.18 Å². The highest BCUT2D eigenvalue weighted by Gasteiger charge is 2.14. The summed E-state index contributed by atoms with van der Waals surface area (Å²) in [6, 6.07) is 21.1. The van der Waals surface area contributed by atoms with Gasteiger partial charge in [-0.1, -0.05) is 58.4 Å². The second kappa shape index (κ2) is 8.64. The van der Waals surface area contributed by atoms with E-state index in [1.807, 2.05) is 54.6 Å². The lowest BCUT2D eigenvalue weighted by molar-refractivity contribution is -0.111. The zero-order valence-electron chi connectivity index (χ0n) is 14.6. The SMILES string of the molecule is COc1ccc(/C=C(/C(=O)Nc2ccc(Br)cc2F)c2ccccc2)cc1. The monoisotopic (exact) mass is 425 g/mol. The zero-order chi connectivity index (χ0) is 19.2. The number of halogens is 2. The predicted octanol–water partition coefficient (Wildman–Crippen LogP) is 5.78. The molecule has 27 heavy (non-hydrogen) atoms. The van der Waals surface area contributed by atoms with Crippen LogP contribution in [0.3, 0.4) is 0 Å². The van der Waals surface area contributed by atoms with Gasteiger partial charge in [-0.3, -0.25) is 4.79 Å².